The maximum Gasteiger partial charge on any atom is 0.0669 e. The quantitative estimate of drug-likeness (QED) is 0.786. The van der Waals surface area contributed by atoms with Gasteiger partial charge in [0.05, 0.1) is 12.6 Å². The molecule has 2 nitrogen and oxygen atoms in total. The lowest BCUT2D eigenvalue weighted by Crippen LogP contribution is -2.20. The third-order valence-electron chi connectivity index (χ3n) is 1.94. The van der Waals surface area contributed by atoms with Gasteiger partial charge in [-0.1, -0.05) is 0 Å². The standard InChI is InChI=1S/C10H17NOS/c1-4-12-7-9(11-3)10-6-5-8(2)13-10/h5-6,9,11H,4,7H2,1-3H3. The first-order valence-electron chi connectivity index (χ1n) is 4.59. The second-order valence-electron chi connectivity index (χ2n) is 2.95. The highest BCUT2D eigenvalue weighted by Gasteiger charge is 2.10. The Kier molecular flexibility index (Phi) is 4.42. The lowest BCUT2D eigenvalue weighted by Gasteiger charge is -2.13. The molecule has 1 N–H and O–H groups in total. The minimum absolute atomic E-state index is 0.346. The summed E-state index contributed by atoms with van der Waals surface area (Å²) in [7, 11) is 1.97. The van der Waals surface area contributed by atoms with Gasteiger partial charge in [0.25, 0.3) is 0 Å². The molecule has 1 aromatic heterocycles. The van der Waals surface area contributed by atoms with Gasteiger partial charge in [0.15, 0.2) is 0 Å². The third-order valence-corrected chi connectivity index (χ3v) is 3.06. The SMILES string of the molecule is CCOCC(NC)c1ccc(C)s1. The fourth-order valence-electron chi connectivity index (χ4n) is 1.18. The molecule has 1 unspecified atom stereocenters. The van der Waals surface area contributed by atoms with E-state index >= 15 is 0 Å². The van der Waals surface area contributed by atoms with E-state index < -0.39 is 0 Å². The smallest absolute Gasteiger partial charge is 0.0669 e. The monoisotopic (exact) mass is 199 g/mol. The van der Waals surface area contributed by atoms with Crippen molar-refractivity contribution in [3.8, 4) is 0 Å². The Hall–Kier alpha value is -0.380. The maximum atomic E-state index is 5.39. The Balaban J connectivity index is 2.56. The zero-order chi connectivity index (χ0) is 9.68. The zero-order valence-electron chi connectivity index (χ0n) is 8.46. The number of rotatable bonds is 5. The van der Waals surface area contributed by atoms with Crippen LogP contribution in [0.5, 0.6) is 0 Å². The van der Waals surface area contributed by atoms with Crippen molar-refractivity contribution in [1.82, 2.24) is 5.32 Å². The summed E-state index contributed by atoms with van der Waals surface area (Å²) in [6.07, 6.45) is 0. The molecule has 1 atom stereocenters. The van der Waals surface area contributed by atoms with Crippen LogP contribution in [0.2, 0.25) is 0 Å². The summed E-state index contributed by atoms with van der Waals surface area (Å²) in [5.74, 6) is 0. The summed E-state index contributed by atoms with van der Waals surface area (Å²) in [5, 5.41) is 3.25. The van der Waals surface area contributed by atoms with Crippen LogP contribution in [0.25, 0.3) is 0 Å². The highest BCUT2D eigenvalue weighted by molar-refractivity contribution is 7.12. The first kappa shape index (κ1) is 10.7. The predicted molar refractivity (Wildman–Crippen MR) is 57.3 cm³/mol. The van der Waals surface area contributed by atoms with E-state index in [1.807, 2.05) is 25.3 Å². The molecule has 0 radical (unpaired) electrons. The summed E-state index contributed by atoms with van der Waals surface area (Å²) >= 11 is 1.83. The molecule has 0 spiro atoms. The van der Waals surface area contributed by atoms with Crippen LogP contribution in [0.1, 0.15) is 22.7 Å². The van der Waals surface area contributed by atoms with Gasteiger partial charge in [0.1, 0.15) is 0 Å². The largest absolute Gasteiger partial charge is 0.380 e. The molecule has 0 bridgehead atoms. The average Bonchev–Trinajstić information content (AvgIpc) is 2.54. The highest BCUT2D eigenvalue weighted by atomic mass is 32.1. The Morgan fingerprint density at radius 2 is 2.31 bits per heavy atom. The maximum absolute atomic E-state index is 5.39. The van der Waals surface area contributed by atoms with Crippen molar-refractivity contribution in [1.29, 1.82) is 0 Å². The normalized spacial score (nSPS) is 13.2. The van der Waals surface area contributed by atoms with E-state index in [1.54, 1.807) is 0 Å². The zero-order valence-corrected chi connectivity index (χ0v) is 9.28. The molecule has 0 amide bonds. The third kappa shape index (κ3) is 3.10. The van der Waals surface area contributed by atoms with Gasteiger partial charge in [-0.3, -0.25) is 0 Å². The van der Waals surface area contributed by atoms with Crippen LogP contribution < -0.4 is 5.32 Å². The van der Waals surface area contributed by atoms with Gasteiger partial charge < -0.3 is 10.1 Å². The highest BCUT2D eigenvalue weighted by Crippen LogP contribution is 2.22. The van der Waals surface area contributed by atoms with Crippen LogP contribution in [0.3, 0.4) is 0 Å². The summed E-state index contributed by atoms with van der Waals surface area (Å²) in [6, 6.07) is 4.66. The number of ether oxygens (including phenoxy) is 1. The lowest BCUT2D eigenvalue weighted by molar-refractivity contribution is 0.126. The summed E-state index contributed by atoms with van der Waals surface area (Å²) < 4.78 is 5.39. The van der Waals surface area contributed by atoms with Crippen LogP contribution in [0.15, 0.2) is 12.1 Å². The summed E-state index contributed by atoms with van der Waals surface area (Å²) in [4.78, 5) is 2.71. The van der Waals surface area contributed by atoms with Gasteiger partial charge in [0, 0.05) is 16.4 Å². The molecule has 0 aliphatic rings. The molecule has 0 aliphatic carbocycles. The molecule has 0 aliphatic heterocycles. The first-order chi connectivity index (χ1) is 6.27. The van der Waals surface area contributed by atoms with E-state index in [0.29, 0.717) is 6.04 Å². The van der Waals surface area contributed by atoms with E-state index in [9.17, 15) is 0 Å². The van der Waals surface area contributed by atoms with Crippen molar-refractivity contribution in [2.24, 2.45) is 0 Å². The second kappa shape index (κ2) is 5.37. The minimum Gasteiger partial charge on any atom is -0.380 e. The molecule has 13 heavy (non-hydrogen) atoms. The van der Waals surface area contributed by atoms with Gasteiger partial charge in [0.2, 0.25) is 0 Å². The fraction of sp³-hybridized carbons (Fsp3) is 0.600. The number of hydrogen-bond acceptors (Lipinski definition) is 3. The van der Waals surface area contributed by atoms with Crippen LogP contribution >= 0.6 is 11.3 Å². The van der Waals surface area contributed by atoms with Crippen molar-refractivity contribution < 1.29 is 4.74 Å². The van der Waals surface area contributed by atoms with Crippen LogP contribution in [-0.2, 0) is 4.74 Å². The molecule has 0 aromatic carbocycles. The number of likely N-dealkylation sites (N-methyl/N-ethyl adjacent to an activating group) is 1. The van der Waals surface area contributed by atoms with Gasteiger partial charge in [-0.05, 0) is 33.0 Å². The van der Waals surface area contributed by atoms with Crippen LogP contribution in [0.4, 0.5) is 0 Å². The molecule has 0 fully saturated rings. The topological polar surface area (TPSA) is 21.3 Å². The Morgan fingerprint density at radius 1 is 1.54 bits per heavy atom. The molecular weight excluding hydrogens is 182 g/mol. The Morgan fingerprint density at radius 3 is 2.77 bits per heavy atom. The van der Waals surface area contributed by atoms with Crippen molar-refractivity contribution in [3.63, 3.8) is 0 Å². The van der Waals surface area contributed by atoms with Crippen molar-refractivity contribution in [3.05, 3.63) is 21.9 Å². The van der Waals surface area contributed by atoms with E-state index in [2.05, 4.69) is 24.4 Å². The number of hydrogen-bond donors (Lipinski definition) is 1. The number of nitrogens with one attached hydrogen (secondary N) is 1. The van der Waals surface area contributed by atoms with Crippen molar-refractivity contribution in [2.45, 2.75) is 19.9 Å². The minimum atomic E-state index is 0.346. The van der Waals surface area contributed by atoms with Crippen molar-refractivity contribution >= 4 is 11.3 Å². The average molecular weight is 199 g/mol. The summed E-state index contributed by atoms with van der Waals surface area (Å²) in [6.45, 7) is 5.68. The van der Waals surface area contributed by atoms with Crippen LogP contribution in [0, 0.1) is 6.92 Å². The van der Waals surface area contributed by atoms with Gasteiger partial charge in [-0.2, -0.15) is 0 Å². The molecule has 1 heterocycles. The second-order valence-corrected chi connectivity index (χ2v) is 4.27. The molecule has 1 rings (SSSR count). The van der Waals surface area contributed by atoms with E-state index in [0.717, 1.165) is 13.2 Å². The fourth-order valence-corrected chi connectivity index (χ4v) is 2.16. The molecule has 0 saturated heterocycles. The van der Waals surface area contributed by atoms with E-state index in [1.165, 1.54) is 9.75 Å². The van der Waals surface area contributed by atoms with Gasteiger partial charge >= 0.3 is 0 Å². The molecule has 74 valence electrons. The molecule has 1 aromatic rings. The first-order valence-corrected chi connectivity index (χ1v) is 5.41. The van der Waals surface area contributed by atoms with E-state index in [-0.39, 0.29) is 0 Å². The van der Waals surface area contributed by atoms with E-state index in [4.69, 9.17) is 4.74 Å². The number of aryl methyl sites for hydroxylation is 1. The molecule has 3 heteroatoms. The Bertz CT molecular complexity index is 247. The predicted octanol–water partition coefficient (Wildman–Crippen LogP) is 2.35. The number of thiophene rings is 1. The molecular formula is C10H17NOS. The Labute approximate surface area is 83.9 Å². The van der Waals surface area contributed by atoms with Gasteiger partial charge in [-0.25, -0.2) is 0 Å². The summed E-state index contributed by atoms with van der Waals surface area (Å²) in [5.41, 5.74) is 0. The van der Waals surface area contributed by atoms with Crippen LogP contribution in [-0.4, -0.2) is 20.3 Å². The lowest BCUT2D eigenvalue weighted by atomic mass is 10.2. The molecule has 0 saturated carbocycles. The van der Waals surface area contributed by atoms with Crippen molar-refractivity contribution in [2.75, 3.05) is 20.3 Å². The van der Waals surface area contributed by atoms with Gasteiger partial charge in [-0.15, -0.1) is 11.3 Å².